The van der Waals surface area contributed by atoms with Crippen LogP contribution in [0.2, 0.25) is 0 Å². The molecule has 17 heavy (non-hydrogen) atoms. The van der Waals surface area contributed by atoms with E-state index in [0.717, 1.165) is 0 Å². The molecule has 0 radical (unpaired) electrons. The minimum Gasteiger partial charge on any atom is -0.486 e. The van der Waals surface area contributed by atoms with Crippen molar-refractivity contribution in [1.82, 2.24) is 0 Å². The zero-order chi connectivity index (χ0) is 12.4. The lowest BCUT2D eigenvalue weighted by molar-refractivity contribution is -0.143. The van der Waals surface area contributed by atoms with Crippen LogP contribution in [0.4, 0.5) is 4.39 Å². The highest BCUT2D eigenvalue weighted by atomic mass is 19.1. The Labute approximate surface area is 98.0 Å². The third-order valence-corrected chi connectivity index (χ3v) is 2.58. The Kier molecular flexibility index (Phi) is 3.28. The number of esters is 1. The second-order valence-corrected chi connectivity index (χ2v) is 3.96. The molecule has 0 fully saturated rings. The lowest BCUT2D eigenvalue weighted by Crippen LogP contribution is -2.22. The molecule has 1 aliphatic rings. The van der Waals surface area contributed by atoms with Gasteiger partial charge in [-0.05, 0) is 12.1 Å². The molecular formula is C12H13FO4. The number of ether oxygens (including phenoxy) is 2. The molecular weight excluding hydrogens is 227 g/mol. The van der Waals surface area contributed by atoms with E-state index in [4.69, 9.17) is 14.6 Å². The molecule has 0 aromatic heterocycles. The van der Waals surface area contributed by atoms with Gasteiger partial charge in [0.15, 0.2) is 0 Å². The molecule has 1 aliphatic heterocycles. The fourth-order valence-electron chi connectivity index (χ4n) is 1.89. The zero-order valence-electron chi connectivity index (χ0n) is 9.40. The van der Waals surface area contributed by atoms with Crippen molar-refractivity contribution in [3.8, 4) is 5.75 Å². The summed E-state index contributed by atoms with van der Waals surface area (Å²) in [4.78, 5) is 10.7. The number of hydrogen-bond donors (Lipinski definition) is 1. The molecule has 0 amide bonds. The first-order valence-electron chi connectivity index (χ1n) is 5.32. The fraction of sp³-hybridized carbons (Fsp3) is 0.417. The first-order valence-corrected chi connectivity index (χ1v) is 5.32. The molecule has 5 heteroatoms. The molecule has 0 spiro atoms. The molecule has 1 aromatic carbocycles. The summed E-state index contributed by atoms with van der Waals surface area (Å²) < 4.78 is 23.6. The van der Waals surface area contributed by atoms with Gasteiger partial charge in [0.05, 0.1) is 6.61 Å². The summed E-state index contributed by atoms with van der Waals surface area (Å²) in [5.74, 6) is -0.270. The highest BCUT2D eigenvalue weighted by molar-refractivity contribution is 5.65. The van der Waals surface area contributed by atoms with Crippen LogP contribution in [0.3, 0.4) is 0 Å². The van der Waals surface area contributed by atoms with E-state index in [1.807, 2.05) is 0 Å². The van der Waals surface area contributed by atoms with E-state index >= 15 is 0 Å². The van der Waals surface area contributed by atoms with Crippen LogP contribution in [-0.2, 0) is 22.6 Å². The topological polar surface area (TPSA) is 55.8 Å². The molecule has 4 nitrogen and oxygen atoms in total. The SMILES string of the molecule is CC(=O)OCC1Cc2cc(F)cc(CO)c2O1. The summed E-state index contributed by atoms with van der Waals surface area (Å²) in [5, 5.41) is 9.10. The van der Waals surface area contributed by atoms with E-state index in [2.05, 4.69) is 0 Å². The standard InChI is InChI=1S/C12H13FO4/c1-7(15)16-6-11-4-8-2-10(13)3-9(5-14)12(8)17-11/h2-3,11,14H,4-6H2,1H3. The smallest absolute Gasteiger partial charge is 0.302 e. The van der Waals surface area contributed by atoms with Crippen molar-refractivity contribution in [3.05, 3.63) is 29.1 Å². The molecule has 0 bridgehead atoms. The molecule has 1 heterocycles. The van der Waals surface area contributed by atoms with Crippen LogP contribution in [0.15, 0.2) is 12.1 Å². The number of halogens is 1. The molecule has 1 aromatic rings. The average Bonchev–Trinajstić information content (AvgIpc) is 2.67. The Morgan fingerprint density at radius 1 is 1.65 bits per heavy atom. The second-order valence-electron chi connectivity index (χ2n) is 3.96. The quantitative estimate of drug-likeness (QED) is 0.806. The highest BCUT2D eigenvalue weighted by Crippen LogP contribution is 2.33. The van der Waals surface area contributed by atoms with Crippen molar-refractivity contribution in [2.45, 2.75) is 26.1 Å². The van der Waals surface area contributed by atoms with E-state index in [0.29, 0.717) is 23.3 Å². The zero-order valence-corrected chi connectivity index (χ0v) is 9.40. The van der Waals surface area contributed by atoms with Gasteiger partial charge in [0.25, 0.3) is 0 Å². The summed E-state index contributed by atoms with van der Waals surface area (Å²) in [5.41, 5.74) is 1.12. The van der Waals surface area contributed by atoms with Crippen LogP contribution in [0, 0.1) is 5.82 Å². The number of fused-ring (bicyclic) bond motifs is 1. The Bertz CT molecular complexity index is 444. The molecule has 92 valence electrons. The fourth-order valence-corrected chi connectivity index (χ4v) is 1.89. The van der Waals surface area contributed by atoms with Crippen molar-refractivity contribution in [2.24, 2.45) is 0 Å². The Morgan fingerprint density at radius 3 is 3.06 bits per heavy atom. The van der Waals surface area contributed by atoms with E-state index in [1.54, 1.807) is 0 Å². The van der Waals surface area contributed by atoms with Gasteiger partial charge in [0, 0.05) is 24.5 Å². The number of rotatable bonds is 3. The number of carbonyl (C=O) groups is 1. The van der Waals surface area contributed by atoms with E-state index in [9.17, 15) is 9.18 Å². The van der Waals surface area contributed by atoms with Crippen LogP contribution in [0.25, 0.3) is 0 Å². The minimum atomic E-state index is -0.399. The van der Waals surface area contributed by atoms with Gasteiger partial charge in [-0.25, -0.2) is 4.39 Å². The predicted molar refractivity (Wildman–Crippen MR) is 57.1 cm³/mol. The molecule has 0 saturated heterocycles. The maximum absolute atomic E-state index is 13.2. The summed E-state index contributed by atoms with van der Waals surface area (Å²) in [6, 6.07) is 2.62. The maximum Gasteiger partial charge on any atom is 0.302 e. The summed E-state index contributed by atoms with van der Waals surface area (Å²) in [7, 11) is 0. The highest BCUT2D eigenvalue weighted by Gasteiger charge is 2.26. The monoisotopic (exact) mass is 240 g/mol. The Balaban J connectivity index is 2.13. The Hall–Kier alpha value is -1.62. The number of hydrogen-bond acceptors (Lipinski definition) is 4. The average molecular weight is 240 g/mol. The summed E-state index contributed by atoms with van der Waals surface area (Å²) in [6.45, 7) is 1.18. The van der Waals surface area contributed by atoms with Crippen molar-refractivity contribution < 1.29 is 23.8 Å². The summed E-state index contributed by atoms with van der Waals surface area (Å²) in [6.07, 6.45) is 0.175. The number of aliphatic hydroxyl groups excluding tert-OH is 1. The lowest BCUT2D eigenvalue weighted by atomic mass is 10.1. The van der Waals surface area contributed by atoms with Gasteiger partial charge < -0.3 is 14.6 Å². The second kappa shape index (κ2) is 4.71. The molecule has 1 N–H and O–H groups in total. The van der Waals surface area contributed by atoms with E-state index in [1.165, 1.54) is 19.1 Å². The van der Waals surface area contributed by atoms with Crippen molar-refractivity contribution in [1.29, 1.82) is 0 Å². The van der Waals surface area contributed by atoms with Crippen LogP contribution in [0.5, 0.6) is 5.75 Å². The van der Waals surface area contributed by atoms with E-state index in [-0.39, 0.29) is 25.3 Å². The molecule has 2 rings (SSSR count). The van der Waals surface area contributed by atoms with Gasteiger partial charge in [-0.3, -0.25) is 4.79 Å². The van der Waals surface area contributed by atoms with Crippen molar-refractivity contribution in [3.63, 3.8) is 0 Å². The van der Waals surface area contributed by atoms with E-state index < -0.39 is 5.82 Å². The van der Waals surface area contributed by atoms with Crippen LogP contribution < -0.4 is 4.74 Å². The third kappa shape index (κ3) is 2.55. The largest absolute Gasteiger partial charge is 0.486 e. The Morgan fingerprint density at radius 2 is 2.41 bits per heavy atom. The van der Waals surface area contributed by atoms with Gasteiger partial charge in [-0.2, -0.15) is 0 Å². The van der Waals surface area contributed by atoms with Crippen molar-refractivity contribution >= 4 is 5.97 Å². The number of aliphatic hydroxyl groups is 1. The minimum absolute atomic E-state index is 0.135. The summed E-state index contributed by atoms with van der Waals surface area (Å²) >= 11 is 0. The maximum atomic E-state index is 13.2. The molecule has 0 saturated carbocycles. The van der Waals surface area contributed by atoms with Crippen LogP contribution >= 0.6 is 0 Å². The van der Waals surface area contributed by atoms with Crippen LogP contribution in [0.1, 0.15) is 18.1 Å². The normalized spacial score (nSPS) is 17.5. The van der Waals surface area contributed by atoms with Gasteiger partial charge in [0.2, 0.25) is 0 Å². The molecule has 0 aliphatic carbocycles. The number of benzene rings is 1. The molecule has 1 unspecified atom stereocenters. The van der Waals surface area contributed by atoms with Gasteiger partial charge in [-0.15, -0.1) is 0 Å². The van der Waals surface area contributed by atoms with Gasteiger partial charge >= 0.3 is 5.97 Å². The first-order chi connectivity index (χ1) is 8.10. The first kappa shape index (κ1) is 11.9. The van der Waals surface area contributed by atoms with Crippen LogP contribution in [-0.4, -0.2) is 23.8 Å². The van der Waals surface area contributed by atoms with Gasteiger partial charge in [-0.1, -0.05) is 0 Å². The lowest BCUT2D eigenvalue weighted by Gasteiger charge is -2.11. The van der Waals surface area contributed by atoms with Crippen molar-refractivity contribution in [2.75, 3.05) is 6.61 Å². The van der Waals surface area contributed by atoms with Gasteiger partial charge in [0.1, 0.15) is 24.3 Å². The predicted octanol–water partition coefficient (Wildman–Crippen LogP) is 1.18. The molecule has 1 atom stereocenters. The number of carbonyl (C=O) groups excluding carboxylic acids is 1. The third-order valence-electron chi connectivity index (χ3n) is 2.58.